The second-order valence-corrected chi connectivity index (χ2v) is 4.87. The van der Waals surface area contributed by atoms with E-state index >= 15 is 0 Å². The van der Waals surface area contributed by atoms with E-state index in [1.807, 2.05) is 12.1 Å². The van der Waals surface area contributed by atoms with E-state index in [4.69, 9.17) is 5.26 Å². The van der Waals surface area contributed by atoms with Crippen molar-refractivity contribution in [2.75, 3.05) is 19.6 Å². The fourth-order valence-corrected chi connectivity index (χ4v) is 2.49. The SMILES string of the molecule is CCCN(CC)CCc1c[nH]c2cc(C#N)ccc12. The van der Waals surface area contributed by atoms with Crippen LogP contribution in [0, 0.1) is 11.3 Å². The van der Waals surface area contributed by atoms with Gasteiger partial charge in [0.05, 0.1) is 11.6 Å². The van der Waals surface area contributed by atoms with E-state index < -0.39 is 0 Å². The van der Waals surface area contributed by atoms with Crippen LogP contribution in [0.2, 0.25) is 0 Å². The third-order valence-electron chi connectivity index (χ3n) is 3.58. The Kier molecular flexibility index (Phi) is 4.59. The number of aromatic nitrogens is 1. The largest absolute Gasteiger partial charge is 0.361 e. The second kappa shape index (κ2) is 6.40. The summed E-state index contributed by atoms with van der Waals surface area (Å²) in [6.45, 7) is 7.80. The Morgan fingerprint density at radius 1 is 1.26 bits per heavy atom. The quantitative estimate of drug-likeness (QED) is 0.860. The van der Waals surface area contributed by atoms with Crippen molar-refractivity contribution in [1.29, 1.82) is 5.26 Å². The van der Waals surface area contributed by atoms with Gasteiger partial charge in [0.25, 0.3) is 0 Å². The molecule has 0 spiro atoms. The fraction of sp³-hybridized carbons (Fsp3) is 0.438. The van der Waals surface area contributed by atoms with Gasteiger partial charge in [-0.1, -0.05) is 19.9 Å². The molecule has 0 saturated carbocycles. The molecule has 2 aromatic rings. The Morgan fingerprint density at radius 2 is 2.11 bits per heavy atom. The maximum absolute atomic E-state index is 8.90. The van der Waals surface area contributed by atoms with E-state index in [2.05, 4.69) is 42.1 Å². The molecule has 1 N–H and O–H groups in total. The Hall–Kier alpha value is -1.79. The minimum Gasteiger partial charge on any atom is -0.361 e. The van der Waals surface area contributed by atoms with Crippen LogP contribution >= 0.6 is 0 Å². The smallest absolute Gasteiger partial charge is 0.0992 e. The number of hydrogen-bond acceptors (Lipinski definition) is 2. The number of H-pyrrole nitrogens is 1. The predicted octanol–water partition coefficient (Wildman–Crippen LogP) is 3.31. The van der Waals surface area contributed by atoms with Gasteiger partial charge in [-0.05, 0) is 43.6 Å². The van der Waals surface area contributed by atoms with Crippen LogP contribution in [0.4, 0.5) is 0 Å². The fourth-order valence-electron chi connectivity index (χ4n) is 2.49. The van der Waals surface area contributed by atoms with Gasteiger partial charge in [0.1, 0.15) is 0 Å². The highest BCUT2D eigenvalue weighted by Crippen LogP contribution is 2.20. The number of likely N-dealkylation sites (N-methyl/N-ethyl adjacent to an activating group) is 1. The molecule has 1 aromatic heterocycles. The molecule has 0 aliphatic carbocycles. The minimum absolute atomic E-state index is 0.710. The maximum Gasteiger partial charge on any atom is 0.0992 e. The third-order valence-corrected chi connectivity index (χ3v) is 3.58. The summed E-state index contributed by atoms with van der Waals surface area (Å²) in [6, 6.07) is 8.04. The summed E-state index contributed by atoms with van der Waals surface area (Å²) in [6.07, 6.45) is 4.33. The first kappa shape index (κ1) is 13.6. The highest BCUT2D eigenvalue weighted by molar-refractivity contribution is 5.84. The molecule has 0 bridgehead atoms. The van der Waals surface area contributed by atoms with Crippen molar-refractivity contribution < 1.29 is 0 Å². The number of aromatic amines is 1. The molecule has 19 heavy (non-hydrogen) atoms. The van der Waals surface area contributed by atoms with Gasteiger partial charge < -0.3 is 9.88 Å². The van der Waals surface area contributed by atoms with Gasteiger partial charge in [-0.3, -0.25) is 0 Å². The van der Waals surface area contributed by atoms with Gasteiger partial charge in [-0.2, -0.15) is 5.26 Å². The number of hydrogen-bond donors (Lipinski definition) is 1. The summed E-state index contributed by atoms with van der Waals surface area (Å²) in [5, 5.41) is 10.1. The Labute approximate surface area is 114 Å². The lowest BCUT2D eigenvalue weighted by molar-refractivity contribution is 0.293. The van der Waals surface area contributed by atoms with E-state index in [0.717, 1.165) is 31.6 Å². The molecule has 0 unspecified atom stereocenters. The van der Waals surface area contributed by atoms with Crippen LogP contribution in [0.15, 0.2) is 24.4 Å². The molecule has 0 radical (unpaired) electrons. The number of benzene rings is 1. The average Bonchev–Trinajstić information content (AvgIpc) is 2.85. The summed E-state index contributed by atoms with van der Waals surface area (Å²) in [5.74, 6) is 0. The van der Waals surface area contributed by atoms with E-state index in [1.54, 1.807) is 0 Å². The zero-order valence-electron chi connectivity index (χ0n) is 11.7. The van der Waals surface area contributed by atoms with Gasteiger partial charge in [0.2, 0.25) is 0 Å². The highest BCUT2D eigenvalue weighted by Gasteiger charge is 2.07. The van der Waals surface area contributed by atoms with Gasteiger partial charge in [0.15, 0.2) is 0 Å². The van der Waals surface area contributed by atoms with Gasteiger partial charge in [-0.25, -0.2) is 0 Å². The molecular formula is C16H21N3. The van der Waals surface area contributed by atoms with Crippen molar-refractivity contribution >= 4 is 10.9 Å². The topological polar surface area (TPSA) is 42.8 Å². The van der Waals surface area contributed by atoms with Crippen molar-refractivity contribution in [2.24, 2.45) is 0 Å². The van der Waals surface area contributed by atoms with E-state index in [1.165, 1.54) is 17.4 Å². The molecule has 3 nitrogen and oxygen atoms in total. The van der Waals surface area contributed by atoms with E-state index in [9.17, 15) is 0 Å². The minimum atomic E-state index is 0.710. The zero-order valence-corrected chi connectivity index (χ0v) is 11.7. The maximum atomic E-state index is 8.90. The van der Waals surface area contributed by atoms with Crippen LogP contribution in [-0.2, 0) is 6.42 Å². The highest BCUT2D eigenvalue weighted by atomic mass is 15.1. The summed E-state index contributed by atoms with van der Waals surface area (Å²) in [7, 11) is 0. The van der Waals surface area contributed by atoms with Crippen molar-refractivity contribution in [3.63, 3.8) is 0 Å². The van der Waals surface area contributed by atoms with Crippen LogP contribution in [-0.4, -0.2) is 29.5 Å². The molecule has 0 saturated heterocycles. The Bertz CT molecular complexity index is 577. The monoisotopic (exact) mass is 255 g/mol. The predicted molar refractivity (Wildman–Crippen MR) is 79.1 cm³/mol. The van der Waals surface area contributed by atoms with Gasteiger partial charge >= 0.3 is 0 Å². The molecule has 2 rings (SSSR count). The Morgan fingerprint density at radius 3 is 2.79 bits per heavy atom. The molecule has 1 aromatic carbocycles. The summed E-state index contributed by atoms with van der Waals surface area (Å²) in [4.78, 5) is 5.74. The summed E-state index contributed by atoms with van der Waals surface area (Å²) >= 11 is 0. The van der Waals surface area contributed by atoms with Crippen molar-refractivity contribution in [2.45, 2.75) is 26.7 Å². The van der Waals surface area contributed by atoms with Gasteiger partial charge in [0, 0.05) is 23.6 Å². The normalized spacial score (nSPS) is 11.1. The lowest BCUT2D eigenvalue weighted by Crippen LogP contribution is -2.26. The first-order valence-electron chi connectivity index (χ1n) is 7.01. The van der Waals surface area contributed by atoms with Crippen LogP contribution in [0.1, 0.15) is 31.4 Å². The lowest BCUT2D eigenvalue weighted by Gasteiger charge is -2.18. The zero-order chi connectivity index (χ0) is 13.7. The van der Waals surface area contributed by atoms with E-state index in [-0.39, 0.29) is 0 Å². The molecule has 0 atom stereocenters. The molecule has 3 heteroatoms. The molecular weight excluding hydrogens is 234 g/mol. The first-order valence-corrected chi connectivity index (χ1v) is 7.01. The lowest BCUT2D eigenvalue weighted by atomic mass is 10.1. The van der Waals surface area contributed by atoms with Crippen LogP contribution < -0.4 is 0 Å². The van der Waals surface area contributed by atoms with Crippen molar-refractivity contribution in [3.8, 4) is 6.07 Å². The molecule has 0 aliphatic heterocycles. The number of nitriles is 1. The second-order valence-electron chi connectivity index (χ2n) is 4.87. The van der Waals surface area contributed by atoms with Crippen LogP contribution in [0.3, 0.4) is 0 Å². The molecule has 100 valence electrons. The van der Waals surface area contributed by atoms with Crippen molar-refractivity contribution in [3.05, 3.63) is 35.5 Å². The standard InChI is InChI=1S/C16H21N3/c1-3-8-19(4-2)9-7-14-12-18-16-10-13(11-17)5-6-15(14)16/h5-6,10,12,18H,3-4,7-9H2,1-2H3. The van der Waals surface area contributed by atoms with Crippen LogP contribution in [0.5, 0.6) is 0 Å². The molecule has 1 heterocycles. The number of nitrogens with one attached hydrogen (secondary N) is 1. The first-order chi connectivity index (χ1) is 9.28. The average molecular weight is 255 g/mol. The molecule has 0 aliphatic rings. The number of fused-ring (bicyclic) bond motifs is 1. The van der Waals surface area contributed by atoms with Crippen LogP contribution in [0.25, 0.3) is 10.9 Å². The van der Waals surface area contributed by atoms with E-state index in [0.29, 0.717) is 5.56 Å². The van der Waals surface area contributed by atoms with Gasteiger partial charge in [-0.15, -0.1) is 0 Å². The summed E-state index contributed by atoms with van der Waals surface area (Å²) < 4.78 is 0. The third kappa shape index (κ3) is 3.15. The van der Waals surface area contributed by atoms with Crippen molar-refractivity contribution in [1.82, 2.24) is 9.88 Å². The molecule has 0 amide bonds. The molecule has 0 fully saturated rings. The summed E-state index contributed by atoms with van der Waals surface area (Å²) in [5.41, 5.74) is 3.11. The number of nitrogens with zero attached hydrogens (tertiary/aromatic N) is 2. The Balaban J connectivity index is 2.11. The number of rotatable bonds is 6.